The molecule has 3 aromatic carbocycles. The average molecular weight is 378 g/mol. The highest BCUT2D eigenvalue weighted by Gasteiger charge is 2.14. The van der Waals surface area contributed by atoms with E-state index in [1.54, 1.807) is 6.07 Å². The Hall–Kier alpha value is -4.20. The van der Waals surface area contributed by atoms with Gasteiger partial charge in [0.15, 0.2) is 0 Å². The van der Waals surface area contributed by atoms with Crippen molar-refractivity contribution in [2.24, 2.45) is 0 Å². The van der Waals surface area contributed by atoms with Crippen molar-refractivity contribution in [1.29, 1.82) is 0 Å². The molecule has 0 atom stereocenters. The number of hydrogen-bond donors (Lipinski definition) is 6. The summed E-state index contributed by atoms with van der Waals surface area (Å²) in [6.07, 6.45) is 0. The molecule has 0 saturated heterocycles. The second kappa shape index (κ2) is 7.58. The molecule has 3 rings (SSSR count). The van der Waals surface area contributed by atoms with E-state index in [2.05, 4.69) is 10.6 Å². The van der Waals surface area contributed by atoms with Gasteiger partial charge in [-0.25, -0.2) is 0 Å². The van der Waals surface area contributed by atoms with Crippen molar-refractivity contribution in [2.75, 3.05) is 22.1 Å². The number of amides is 2. The number of rotatable bonds is 4. The lowest BCUT2D eigenvalue weighted by Crippen LogP contribution is -2.16. The predicted octanol–water partition coefficient (Wildman–Crippen LogP) is 2.77. The molecule has 8 heteroatoms. The predicted molar refractivity (Wildman–Crippen MR) is 107 cm³/mol. The molecule has 142 valence electrons. The normalized spacial score (nSPS) is 10.3. The summed E-state index contributed by atoms with van der Waals surface area (Å²) in [5.41, 5.74) is 12.8. The lowest BCUT2D eigenvalue weighted by atomic mass is 10.1. The number of nitrogens with two attached hydrogens (primary N) is 2. The molecular formula is C20H18N4O4. The molecule has 28 heavy (non-hydrogen) atoms. The first-order valence-corrected chi connectivity index (χ1v) is 8.23. The maximum absolute atomic E-state index is 12.5. The van der Waals surface area contributed by atoms with Crippen molar-refractivity contribution >= 4 is 34.6 Å². The fourth-order valence-corrected chi connectivity index (χ4v) is 2.50. The Balaban J connectivity index is 1.79. The van der Waals surface area contributed by atoms with Crippen LogP contribution in [0.5, 0.6) is 11.5 Å². The van der Waals surface area contributed by atoms with Gasteiger partial charge in [-0.1, -0.05) is 6.07 Å². The van der Waals surface area contributed by atoms with E-state index in [-0.39, 0.29) is 34.0 Å². The SMILES string of the molecule is Nc1ccc(O)c(NC(=O)c2cccc(C(=O)Nc3cc(N)ccc3O)c2)c1. The smallest absolute Gasteiger partial charge is 0.255 e. The van der Waals surface area contributed by atoms with Gasteiger partial charge in [-0.15, -0.1) is 0 Å². The number of carbonyl (C=O) groups excluding carboxylic acids is 2. The summed E-state index contributed by atoms with van der Waals surface area (Å²) in [5.74, 6) is -1.31. The third-order valence-corrected chi connectivity index (χ3v) is 3.92. The Kier molecular flexibility index (Phi) is 5.03. The van der Waals surface area contributed by atoms with Crippen molar-refractivity contribution < 1.29 is 19.8 Å². The number of aromatic hydroxyl groups is 2. The second-order valence-electron chi connectivity index (χ2n) is 6.04. The van der Waals surface area contributed by atoms with Gasteiger partial charge in [-0.05, 0) is 54.6 Å². The Labute approximate surface area is 160 Å². The molecule has 8 N–H and O–H groups in total. The summed E-state index contributed by atoms with van der Waals surface area (Å²) >= 11 is 0. The van der Waals surface area contributed by atoms with E-state index in [9.17, 15) is 19.8 Å². The van der Waals surface area contributed by atoms with E-state index in [0.29, 0.717) is 11.4 Å². The van der Waals surface area contributed by atoms with E-state index in [4.69, 9.17) is 11.5 Å². The molecule has 0 spiro atoms. The Morgan fingerprint density at radius 3 is 1.54 bits per heavy atom. The molecule has 0 radical (unpaired) electrons. The van der Waals surface area contributed by atoms with E-state index in [1.165, 1.54) is 54.6 Å². The molecule has 3 aromatic rings. The zero-order valence-electron chi connectivity index (χ0n) is 14.6. The van der Waals surface area contributed by atoms with Crippen molar-refractivity contribution in [3.05, 3.63) is 71.8 Å². The van der Waals surface area contributed by atoms with Crippen LogP contribution < -0.4 is 22.1 Å². The topological polar surface area (TPSA) is 151 Å². The van der Waals surface area contributed by atoms with E-state index < -0.39 is 11.8 Å². The second-order valence-corrected chi connectivity index (χ2v) is 6.04. The van der Waals surface area contributed by atoms with E-state index in [1.807, 2.05) is 0 Å². The molecule has 0 saturated carbocycles. The van der Waals surface area contributed by atoms with E-state index >= 15 is 0 Å². The Bertz CT molecular complexity index is 985. The van der Waals surface area contributed by atoms with Crippen LogP contribution in [-0.4, -0.2) is 22.0 Å². The minimum atomic E-state index is -0.526. The lowest BCUT2D eigenvalue weighted by molar-refractivity contribution is 0.102. The summed E-state index contributed by atoms with van der Waals surface area (Å²) in [6, 6.07) is 14.6. The monoisotopic (exact) mass is 378 g/mol. The van der Waals surface area contributed by atoms with Crippen molar-refractivity contribution in [2.45, 2.75) is 0 Å². The molecule has 0 aliphatic rings. The van der Waals surface area contributed by atoms with Crippen LogP contribution in [0.3, 0.4) is 0 Å². The summed E-state index contributed by atoms with van der Waals surface area (Å²) in [5, 5.41) is 24.7. The number of benzene rings is 3. The number of anilines is 4. The molecule has 0 aliphatic carbocycles. The first-order chi connectivity index (χ1) is 13.3. The van der Waals surface area contributed by atoms with Gasteiger partial charge in [0.25, 0.3) is 11.8 Å². The van der Waals surface area contributed by atoms with Gasteiger partial charge in [0.05, 0.1) is 11.4 Å². The molecule has 0 fully saturated rings. The third-order valence-electron chi connectivity index (χ3n) is 3.92. The number of nitrogens with one attached hydrogen (secondary N) is 2. The van der Waals surface area contributed by atoms with Crippen LogP contribution in [0.1, 0.15) is 20.7 Å². The highest BCUT2D eigenvalue weighted by molar-refractivity contribution is 6.09. The standard InChI is InChI=1S/C20H18N4O4/c21-13-4-6-17(25)15(9-13)23-19(27)11-2-1-3-12(8-11)20(28)24-16-10-14(22)5-7-18(16)26/h1-10,25-26H,21-22H2,(H,23,27)(H,24,28). The minimum Gasteiger partial charge on any atom is -0.506 e. The van der Waals surface area contributed by atoms with Crippen molar-refractivity contribution in [3.63, 3.8) is 0 Å². The molecular weight excluding hydrogens is 360 g/mol. The quantitative estimate of drug-likeness (QED) is 0.233. The summed E-state index contributed by atoms with van der Waals surface area (Å²) in [4.78, 5) is 24.9. The highest BCUT2D eigenvalue weighted by atomic mass is 16.3. The number of hydrogen-bond acceptors (Lipinski definition) is 6. The number of phenolic OH excluding ortho intramolecular Hbond substituents is 2. The van der Waals surface area contributed by atoms with Crippen molar-refractivity contribution in [3.8, 4) is 11.5 Å². The van der Waals surface area contributed by atoms with Crippen LogP contribution in [0.15, 0.2) is 60.7 Å². The highest BCUT2D eigenvalue weighted by Crippen LogP contribution is 2.27. The van der Waals surface area contributed by atoms with Gasteiger partial charge < -0.3 is 32.3 Å². The lowest BCUT2D eigenvalue weighted by Gasteiger charge is -2.10. The van der Waals surface area contributed by atoms with Crippen LogP contribution >= 0.6 is 0 Å². The van der Waals surface area contributed by atoms with Gasteiger partial charge in [0, 0.05) is 22.5 Å². The molecule has 0 aromatic heterocycles. The van der Waals surface area contributed by atoms with Gasteiger partial charge in [-0.3, -0.25) is 9.59 Å². The molecule has 0 bridgehead atoms. The van der Waals surface area contributed by atoms with Crippen LogP contribution in [0.25, 0.3) is 0 Å². The van der Waals surface area contributed by atoms with Gasteiger partial charge >= 0.3 is 0 Å². The zero-order valence-corrected chi connectivity index (χ0v) is 14.6. The number of phenols is 2. The fourth-order valence-electron chi connectivity index (χ4n) is 2.50. The number of nitrogen functional groups attached to an aromatic ring is 2. The molecule has 0 unspecified atom stereocenters. The maximum Gasteiger partial charge on any atom is 0.255 e. The van der Waals surface area contributed by atoms with Gasteiger partial charge in [-0.2, -0.15) is 0 Å². The molecule has 0 heterocycles. The number of carbonyl (C=O) groups is 2. The summed E-state index contributed by atoms with van der Waals surface area (Å²) in [7, 11) is 0. The molecule has 2 amide bonds. The summed E-state index contributed by atoms with van der Waals surface area (Å²) in [6.45, 7) is 0. The van der Waals surface area contributed by atoms with Crippen LogP contribution in [0.4, 0.5) is 22.7 Å². The first-order valence-electron chi connectivity index (χ1n) is 8.23. The van der Waals surface area contributed by atoms with Gasteiger partial charge in [0.1, 0.15) is 11.5 Å². The third kappa shape index (κ3) is 4.13. The molecule has 0 aliphatic heterocycles. The first kappa shape index (κ1) is 18.6. The molecule has 8 nitrogen and oxygen atoms in total. The van der Waals surface area contributed by atoms with Gasteiger partial charge in [0.2, 0.25) is 0 Å². The van der Waals surface area contributed by atoms with Crippen LogP contribution in [0.2, 0.25) is 0 Å². The Morgan fingerprint density at radius 1 is 0.679 bits per heavy atom. The van der Waals surface area contributed by atoms with Crippen LogP contribution in [-0.2, 0) is 0 Å². The van der Waals surface area contributed by atoms with Crippen molar-refractivity contribution in [1.82, 2.24) is 0 Å². The zero-order chi connectivity index (χ0) is 20.3. The van der Waals surface area contributed by atoms with E-state index in [0.717, 1.165) is 0 Å². The summed E-state index contributed by atoms with van der Waals surface area (Å²) < 4.78 is 0. The average Bonchev–Trinajstić information content (AvgIpc) is 2.67. The maximum atomic E-state index is 12.5. The largest absolute Gasteiger partial charge is 0.506 e. The fraction of sp³-hybridized carbons (Fsp3) is 0. The minimum absolute atomic E-state index is 0.131. The Morgan fingerprint density at radius 2 is 1.11 bits per heavy atom. The van der Waals surface area contributed by atoms with Crippen LogP contribution in [0, 0.1) is 0 Å².